The summed E-state index contributed by atoms with van der Waals surface area (Å²) in [7, 11) is 0. The highest BCUT2D eigenvalue weighted by atomic mass is 35.5. The van der Waals surface area contributed by atoms with Crippen molar-refractivity contribution in [3.05, 3.63) is 34.6 Å². The molecule has 4 nitrogen and oxygen atoms in total. The Balaban J connectivity index is 2.78. The predicted molar refractivity (Wildman–Crippen MR) is 72.6 cm³/mol. The number of amides is 1. The van der Waals surface area contributed by atoms with Crippen molar-refractivity contribution in [2.24, 2.45) is 5.73 Å². The zero-order valence-electron chi connectivity index (χ0n) is 11.2. The van der Waals surface area contributed by atoms with Crippen LogP contribution in [-0.4, -0.2) is 18.2 Å². The van der Waals surface area contributed by atoms with Crippen molar-refractivity contribution in [2.75, 3.05) is 6.54 Å². The number of hydrogen-bond acceptors (Lipinski definition) is 3. The molecule has 1 aromatic carbocycles. The first kappa shape index (κ1) is 15.7. The third kappa shape index (κ3) is 5.04. The molecular weight excluding hydrogens is 271 g/mol. The van der Waals surface area contributed by atoms with Crippen molar-refractivity contribution < 1.29 is 13.9 Å². The number of carbonyl (C=O) groups is 1. The highest BCUT2D eigenvalue weighted by Crippen LogP contribution is 2.21. The molecule has 0 spiro atoms. The largest absolute Gasteiger partial charge is 0.444 e. The van der Waals surface area contributed by atoms with Gasteiger partial charge >= 0.3 is 6.09 Å². The first-order chi connectivity index (χ1) is 8.73. The Kier molecular flexibility index (Phi) is 5.14. The third-order valence-electron chi connectivity index (χ3n) is 2.27. The van der Waals surface area contributed by atoms with Crippen LogP contribution in [0.1, 0.15) is 32.4 Å². The molecule has 3 N–H and O–H groups in total. The van der Waals surface area contributed by atoms with Crippen molar-refractivity contribution in [3.8, 4) is 0 Å². The van der Waals surface area contributed by atoms with Gasteiger partial charge in [-0.15, -0.1) is 0 Å². The Labute approximate surface area is 117 Å². The van der Waals surface area contributed by atoms with Crippen LogP contribution in [-0.2, 0) is 4.74 Å². The van der Waals surface area contributed by atoms with Crippen LogP contribution in [0.5, 0.6) is 0 Å². The van der Waals surface area contributed by atoms with Crippen LogP contribution >= 0.6 is 11.6 Å². The van der Waals surface area contributed by atoms with E-state index in [0.717, 1.165) is 0 Å². The van der Waals surface area contributed by atoms with Gasteiger partial charge in [-0.25, -0.2) is 9.18 Å². The van der Waals surface area contributed by atoms with Crippen LogP contribution in [0.3, 0.4) is 0 Å². The van der Waals surface area contributed by atoms with E-state index in [1.807, 2.05) is 0 Å². The Morgan fingerprint density at radius 3 is 2.63 bits per heavy atom. The van der Waals surface area contributed by atoms with Gasteiger partial charge in [0, 0.05) is 6.54 Å². The van der Waals surface area contributed by atoms with Crippen LogP contribution in [0.25, 0.3) is 0 Å². The van der Waals surface area contributed by atoms with E-state index in [4.69, 9.17) is 22.1 Å². The fraction of sp³-hybridized carbons (Fsp3) is 0.462. The van der Waals surface area contributed by atoms with Gasteiger partial charge < -0.3 is 15.8 Å². The van der Waals surface area contributed by atoms with Crippen molar-refractivity contribution >= 4 is 17.7 Å². The molecule has 0 aromatic heterocycles. The van der Waals surface area contributed by atoms with E-state index in [-0.39, 0.29) is 11.6 Å². The van der Waals surface area contributed by atoms with Crippen LogP contribution in [0.2, 0.25) is 5.02 Å². The summed E-state index contributed by atoms with van der Waals surface area (Å²) in [5.41, 5.74) is 5.63. The van der Waals surface area contributed by atoms with Gasteiger partial charge in [0.1, 0.15) is 11.4 Å². The molecule has 0 aliphatic rings. The predicted octanol–water partition coefficient (Wildman–Crippen LogP) is 3.00. The number of rotatable bonds is 3. The average Bonchev–Trinajstić information content (AvgIpc) is 2.27. The summed E-state index contributed by atoms with van der Waals surface area (Å²) in [5, 5.41) is 2.61. The molecule has 0 heterocycles. The zero-order valence-corrected chi connectivity index (χ0v) is 11.9. The Morgan fingerprint density at radius 1 is 1.53 bits per heavy atom. The van der Waals surface area contributed by atoms with Gasteiger partial charge in [-0.05, 0) is 38.5 Å². The first-order valence-electron chi connectivity index (χ1n) is 5.87. The normalized spacial score (nSPS) is 12.9. The van der Waals surface area contributed by atoms with Gasteiger partial charge in [-0.2, -0.15) is 0 Å². The van der Waals surface area contributed by atoms with Crippen LogP contribution in [0.15, 0.2) is 18.2 Å². The van der Waals surface area contributed by atoms with Gasteiger partial charge in [-0.3, -0.25) is 0 Å². The summed E-state index contributed by atoms with van der Waals surface area (Å²) in [4.78, 5) is 11.7. The van der Waals surface area contributed by atoms with E-state index in [9.17, 15) is 9.18 Å². The van der Waals surface area contributed by atoms with Crippen molar-refractivity contribution in [1.82, 2.24) is 5.32 Å². The minimum Gasteiger partial charge on any atom is -0.444 e. The van der Waals surface area contributed by atoms with Gasteiger partial charge in [0.2, 0.25) is 0 Å². The molecule has 106 valence electrons. The molecule has 1 rings (SSSR count). The zero-order chi connectivity index (χ0) is 14.6. The standard InChI is InChI=1S/C13H18ClFN2O2/c1-13(2,3)19-12(18)17-11(7-16)8-4-5-10(15)9(14)6-8/h4-6,11H,7,16H2,1-3H3,(H,17,18). The molecule has 1 unspecified atom stereocenters. The second kappa shape index (κ2) is 6.21. The number of nitrogens with two attached hydrogens (primary N) is 1. The summed E-state index contributed by atoms with van der Waals surface area (Å²) in [6, 6.07) is 3.71. The second-order valence-electron chi connectivity index (χ2n) is 5.11. The lowest BCUT2D eigenvalue weighted by atomic mass is 10.1. The van der Waals surface area contributed by atoms with Crippen LogP contribution < -0.4 is 11.1 Å². The number of benzene rings is 1. The summed E-state index contributed by atoms with van der Waals surface area (Å²) in [6.45, 7) is 5.44. The maximum atomic E-state index is 13.1. The van der Waals surface area contributed by atoms with Gasteiger partial charge in [-0.1, -0.05) is 17.7 Å². The second-order valence-corrected chi connectivity index (χ2v) is 5.52. The topological polar surface area (TPSA) is 64.3 Å². The van der Waals surface area contributed by atoms with E-state index < -0.39 is 23.6 Å². The van der Waals surface area contributed by atoms with Crippen molar-refractivity contribution in [2.45, 2.75) is 32.4 Å². The number of carbonyl (C=O) groups excluding carboxylic acids is 1. The van der Waals surface area contributed by atoms with Crippen molar-refractivity contribution in [1.29, 1.82) is 0 Å². The maximum absolute atomic E-state index is 13.1. The number of hydrogen-bond donors (Lipinski definition) is 2. The Hall–Kier alpha value is -1.33. The monoisotopic (exact) mass is 288 g/mol. The smallest absolute Gasteiger partial charge is 0.408 e. The fourth-order valence-corrected chi connectivity index (χ4v) is 1.65. The third-order valence-corrected chi connectivity index (χ3v) is 2.56. The fourth-order valence-electron chi connectivity index (χ4n) is 1.46. The minimum atomic E-state index is -0.594. The summed E-state index contributed by atoms with van der Waals surface area (Å²) >= 11 is 5.70. The molecule has 0 saturated heterocycles. The Bertz CT molecular complexity index is 460. The molecule has 1 aromatic rings. The van der Waals surface area contributed by atoms with E-state index in [1.54, 1.807) is 20.8 Å². The maximum Gasteiger partial charge on any atom is 0.408 e. The lowest BCUT2D eigenvalue weighted by molar-refractivity contribution is 0.0505. The molecule has 0 saturated carbocycles. The SMILES string of the molecule is CC(C)(C)OC(=O)NC(CN)c1ccc(F)c(Cl)c1. The van der Waals surface area contributed by atoms with Crippen molar-refractivity contribution in [3.63, 3.8) is 0 Å². The van der Waals surface area contributed by atoms with Gasteiger partial charge in [0.25, 0.3) is 0 Å². The molecule has 1 atom stereocenters. The first-order valence-corrected chi connectivity index (χ1v) is 6.25. The molecule has 0 bridgehead atoms. The minimum absolute atomic E-state index is 0.0121. The Morgan fingerprint density at radius 2 is 2.16 bits per heavy atom. The number of halogens is 2. The summed E-state index contributed by atoms with van der Waals surface area (Å²) in [6.07, 6.45) is -0.580. The lowest BCUT2D eigenvalue weighted by Gasteiger charge is -2.23. The van der Waals surface area contributed by atoms with E-state index in [0.29, 0.717) is 5.56 Å². The summed E-state index contributed by atoms with van der Waals surface area (Å²) in [5.74, 6) is -0.515. The molecule has 0 aliphatic carbocycles. The van der Waals surface area contributed by atoms with E-state index >= 15 is 0 Å². The molecule has 0 aliphatic heterocycles. The highest BCUT2D eigenvalue weighted by Gasteiger charge is 2.20. The molecule has 1 amide bonds. The van der Waals surface area contributed by atoms with E-state index in [1.165, 1.54) is 18.2 Å². The molecule has 19 heavy (non-hydrogen) atoms. The molecular formula is C13H18ClFN2O2. The average molecular weight is 289 g/mol. The van der Waals surface area contributed by atoms with Crippen LogP contribution in [0, 0.1) is 5.82 Å². The summed E-state index contributed by atoms with van der Waals surface area (Å²) < 4.78 is 18.2. The lowest BCUT2D eigenvalue weighted by Crippen LogP contribution is -2.37. The van der Waals surface area contributed by atoms with E-state index in [2.05, 4.69) is 5.32 Å². The quantitative estimate of drug-likeness (QED) is 0.898. The molecule has 0 fully saturated rings. The van der Waals surface area contributed by atoms with Gasteiger partial charge in [0.15, 0.2) is 0 Å². The van der Waals surface area contributed by atoms with Gasteiger partial charge in [0.05, 0.1) is 11.1 Å². The highest BCUT2D eigenvalue weighted by molar-refractivity contribution is 6.30. The van der Waals surface area contributed by atoms with Crippen LogP contribution in [0.4, 0.5) is 9.18 Å². The molecule has 6 heteroatoms. The molecule has 0 radical (unpaired) electrons. The number of ether oxygens (including phenoxy) is 1. The number of nitrogens with one attached hydrogen (secondary N) is 1. The number of alkyl carbamates (subject to hydrolysis) is 1.